The highest BCUT2D eigenvalue weighted by atomic mass is 32.1. The smallest absolute Gasteiger partial charge is 0.191 e. The van der Waals surface area contributed by atoms with Crippen LogP contribution in [0.25, 0.3) is 0 Å². The van der Waals surface area contributed by atoms with Gasteiger partial charge < -0.3 is 15.4 Å². The van der Waals surface area contributed by atoms with Gasteiger partial charge in [0.25, 0.3) is 0 Å². The summed E-state index contributed by atoms with van der Waals surface area (Å²) in [6.45, 7) is 4.12. The Kier molecular flexibility index (Phi) is 7.44. The van der Waals surface area contributed by atoms with Crippen molar-refractivity contribution in [1.29, 1.82) is 0 Å². The lowest BCUT2D eigenvalue weighted by atomic mass is 10.1. The van der Waals surface area contributed by atoms with Crippen LogP contribution < -0.4 is 15.4 Å². The van der Waals surface area contributed by atoms with E-state index in [2.05, 4.69) is 50.3 Å². The fourth-order valence-electron chi connectivity index (χ4n) is 2.68. The molecule has 3 rings (SSSR count). The van der Waals surface area contributed by atoms with Gasteiger partial charge in [-0.15, -0.1) is 11.3 Å². The molecule has 6 heteroatoms. The number of guanidine groups is 1. The zero-order valence-electron chi connectivity index (χ0n) is 16.3. The number of aliphatic imine (C=N–C) groups is 1. The molecule has 0 aliphatic rings. The van der Waals surface area contributed by atoms with Crippen molar-refractivity contribution < 1.29 is 4.74 Å². The summed E-state index contributed by atoms with van der Waals surface area (Å²) in [5.74, 6) is 1.68. The van der Waals surface area contributed by atoms with Crippen molar-refractivity contribution in [3.05, 3.63) is 81.8 Å². The SMILES string of the molecule is CN=C(NCCc1csc(C)n1)NCc1ccc(COc2ccccc2)cc1. The highest BCUT2D eigenvalue weighted by Gasteiger charge is 2.02. The van der Waals surface area contributed by atoms with Gasteiger partial charge in [0.15, 0.2) is 5.96 Å². The lowest BCUT2D eigenvalue weighted by Crippen LogP contribution is -2.37. The number of nitrogens with one attached hydrogen (secondary N) is 2. The Morgan fingerprint density at radius 3 is 2.46 bits per heavy atom. The molecule has 2 aromatic carbocycles. The van der Waals surface area contributed by atoms with E-state index in [0.717, 1.165) is 47.5 Å². The van der Waals surface area contributed by atoms with E-state index in [1.807, 2.05) is 37.3 Å². The first-order valence-electron chi connectivity index (χ1n) is 9.34. The van der Waals surface area contributed by atoms with Crippen molar-refractivity contribution in [2.75, 3.05) is 13.6 Å². The molecule has 0 fully saturated rings. The van der Waals surface area contributed by atoms with Gasteiger partial charge in [0, 0.05) is 31.9 Å². The third-order valence-corrected chi connectivity index (χ3v) is 5.02. The molecule has 5 nitrogen and oxygen atoms in total. The highest BCUT2D eigenvalue weighted by molar-refractivity contribution is 7.09. The molecule has 2 N–H and O–H groups in total. The molecule has 0 bridgehead atoms. The lowest BCUT2D eigenvalue weighted by molar-refractivity contribution is 0.306. The molecule has 3 aromatic rings. The summed E-state index contributed by atoms with van der Waals surface area (Å²) in [7, 11) is 1.78. The van der Waals surface area contributed by atoms with Gasteiger partial charge in [-0.2, -0.15) is 0 Å². The van der Waals surface area contributed by atoms with Crippen LogP contribution in [0.5, 0.6) is 5.75 Å². The van der Waals surface area contributed by atoms with Gasteiger partial charge in [0.2, 0.25) is 0 Å². The lowest BCUT2D eigenvalue weighted by Gasteiger charge is -2.12. The van der Waals surface area contributed by atoms with E-state index in [1.54, 1.807) is 18.4 Å². The Hall–Kier alpha value is -2.86. The number of nitrogens with zero attached hydrogens (tertiary/aromatic N) is 2. The zero-order valence-corrected chi connectivity index (χ0v) is 17.1. The second-order valence-electron chi connectivity index (χ2n) is 6.38. The quantitative estimate of drug-likeness (QED) is 0.449. The molecule has 1 heterocycles. The maximum atomic E-state index is 5.78. The first kappa shape index (κ1) is 19.9. The van der Waals surface area contributed by atoms with E-state index < -0.39 is 0 Å². The van der Waals surface area contributed by atoms with Crippen LogP contribution in [0.3, 0.4) is 0 Å². The summed E-state index contributed by atoms with van der Waals surface area (Å²) in [5.41, 5.74) is 3.47. The maximum absolute atomic E-state index is 5.78. The number of para-hydroxylation sites is 1. The molecule has 146 valence electrons. The van der Waals surface area contributed by atoms with E-state index in [1.165, 1.54) is 5.56 Å². The zero-order chi connectivity index (χ0) is 19.6. The van der Waals surface area contributed by atoms with Gasteiger partial charge in [-0.1, -0.05) is 42.5 Å². The molecular formula is C22H26N4OS. The molecular weight excluding hydrogens is 368 g/mol. The molecule has 0 atom stereocenters. The van der Waals surface area contributed by atoms with Gasteiger partial charge in [-0.25, -0.2) is 4.98 Å². The van der Waals surface area contributed by atoms with Crippen LogP contribution in [-0.4, -0.2) is 24.5 Å². The molecule has 0 unspecified atom stereocenters. The fourth-order valence-corrected chi connectivity index (χ4v) is 3.32. The summed E-state index contributed by atoms with van der Waals surface area (Å²) in [6, 6.07) is 18.3. The molecule has 0 amide bonds. The minimum atomic E-state index is 0.567. The van der Waals surface area contributed by atoms with Gasteiger partial charge in [-0.3, -0.25) is 4.99 Å². The number of rotatable bonds is 8. The third kappa shape index (κ3) is 6.39. The number of hydrogen-bond acceptors (Lipinski definition) is 4. The summed E-state index contributed by atoms with van der Waals surface area (Å²) in [6.07, 6.45) is 0.890. The second-order valence-corrected chi connectivity index (χ2v) is 7.44. The number of ether oxygens (including phenoxy) is 1. The molecule has 0 aliphatic heterocycles. The van der Waals surface area contributed by atoms with Crippen LogP contribution in [-0.2, 0) is 19.6 Å². The Bertz CT molecular complexity index is 875. The van der Waals surface area contributed by atoms with Gasteiger partial charge in [-0.05, 0) is 30.2 Å². The molecule has 1 aromatic heterocycles. The molecule has 0 aliphatic carbocycles. The minimum Gasteiger partial charge on any atom is -0.489 e. The first-order valence-corrected chi connectivity index (χ1v) is 10.2. The van der Waals surface area contributed by atoms with Crippen LogP contribution in [0.2, 0.25) is 0 Å². The molecule has 0 saturated carbocycles. The average Bonchev–Trinajstić information content (AvgIpc) is 3.15. The fraction of sp³-hybridized carbons (Fsp3) is 0.273. The van der Waals surface area contributed by atoms with E-state index in [4.69, 9.17) is 4.74 Å². The van der Waals surface area contributed by atoms with Crippen molar-refractivity contribution >= 4 is 17.3 Å². The van der Waals surface area contributed by atoms with E-state index in [-0.39, 0.29) is 0 Å². The van der Waals surface area contributed by atoms with Crippen LogP contribution in [0.4, 0.5) is 0 Å². The number of hydrogen-bond donors (Lipinski definition) is 2. The molecule has 0 radical (unpaired) electrons. The van der Waals surface area contributed by atoms with Crippen LogP contribution in [0.1, 0.15) is 21.8 Å². The van der Waals surface area contributed by atoms with E-state index >= 15 is 0 Å². The second kappa shape index (κ2) is 10.5. The monoisotopic (exact) mass is 394 g/mol. The van der Waals surface area contributed by atoms with Crippen molar-refractivity contribution in [3.63, 3.8) is 0 Å². The maximum Gasteiger partial charge on any atom is 0.191 e. The first-order chi connectivity index (χ1) is 13.7. The van der Waals surface area contributed by atoms with Crippen molar-refractivity contribution in [2.24, 2.45) is 4.99 Å². The van der Waals surface area contributed by atoms with E-state index in [0.29, 0.717) is 6.61 Å². The highest BCUT2D eigenvalue weighted by Crippen LogP contribution is 2.12. The van der Waals surface area contributed by atoms with E-state index in [9.17, 15) is 0 Å². The third-order valence-electron chi connectivity index (χ3n) is 4.20. The largest absolute Gasteiger partial charge is 0.489 e. The van der Waals surface area contributed by atoms with Gasteiger partial charge in [0.05, 0.1) is 10.7 Å². The summed E-state index contributed by atoms with van der Waals surface area (Å²) >= 11 is 1.69. The minimum absolute atomic E-state index is 0.567. The normalized spacial score (nSPS) is 11.3. The summed E-state index contributed by atoms with van der Waals surface area (Å²) < 4.78 is 5.78. The predicted octanol–water partition coefficient (Wildman–Crippen LogP) is 3.94. The standard InChI is InChI=1S/C22H26N4OS/c1-17-26-20(16-28-17)12-13-24-22(23-2)25-14-18-8-10-19(11-9-18)15-27-21-6-4-3-5-7-21/h3-11,16H,12-15H2,1-2H3,(H2,23,24,25). The van der Waals surface area contributed by atoms with Crippen molar-refractivity contribution in [2.45, 2.75) is 26.5 Å². The molecule has 0 saturated heterocycles. The topological polar surface area (TPSA) is 58.5 Å². The number of benzene rings is 2. The van der Waals surface area contributed by atoms with Gasteiger partial charge >= 0.3 is 0 Å². The average molecular weight is 395 g/mol. The van der Waals surface area contributed by atoms with Crippen molar-refractivity contribution in [1.82, 2.24) is 15.6 Å². The van der Waals surface area contributed by atoms with Crippen LogP contribution >= 0.6 is 11.3 Å². The molecule has 28 heavy (non-hydrogen) atoms. The van der Waals surface area contributed by atoms with Crippen LogP contribution in [0.15, 0.2) is 65.0 Å². The van der Waals surface area contributed by atoms with Crippen LogP contribution in [0, 0.1) is 6.92 Å². The Labute approximate surface area is 170 Å². The van der Waals surface area contributed by atoms with Gasteiger partial charge in [0.1, 0.15) is 12.4 Å². The number of aryl methyl sites for hydroxylation is 1. The summed E-state index contributed by atoms with van der Waals surface area (Å²) in [5, 5.41) is 9.89. The Morgan fingerprint density at radius 2 is 1.79 bits per heavy atom. The number of aromatic nitrogens is 1. The summed E-state index contributed by atoms with van der Waals surface area (Å²) in [4.78, 5) is 8.75. The van der Waals surface area contributed by atoms with Crippen molar-refractivity contribution in [3.8, 4) is 5.75 Å². The Balaban J connectivity index is 1.40. The predicted molar refractivity (Wildman–Crippen MR) is 116 cm³/mol. The Morgan fingerprint density at radius 1 is 1.04 bits per heavy atom. The number of thiazole rings is 1. The molecule has 0 spiro atoms.